The van der Waals surface area contributed by atoms with Gasteiger partial charge in [-0.25, -0.2) is 9.97 Å². The molecule has 0 radical (unpaired) electrons. The summed E-state index contributed by atoms with van der Waals surface area (Å²) in [5.74, 6) is 1.34. The van der Waals surface area contributed by atoms with Crippen molar-refractivity contribution in [2.45, 2.75) is 25.3 Å². The van der Waals surface area contributed by atoms with E-state index < -0.39 is 0 Å². The van der Waals surface area contributed by atoms with Crippen LogP contribution in [0.25, 0.3) is 10.7 Å². The maximum Gasteiger partial charge on any atom is 0.197 e. The molecule has 1 fully saturated rings. The Labute approximate surface area is 139 Å². The van der Waals surface area contributed by atoms with Crippen LogP contribution in [-0.2, 0) is 6.54 Å². The fourth-order valence-corrected chi connectivity index (χ4v) is 3.78. The molecule has 0 aliphatic carbocycles. The van der Waals surface area contributed by atoms with Crippen LogP contribution < -0.4 is 0 Å². The summed E-state index contributed by atoms with van der Waals surface area (Å²) >= 11 is 1.66. The Hall–Kier alpha value is -2.05. The first-order chi connectivity index (χ1) is 11.4. The summed E-state index contributed by atoms with van der Waals surface area (Å²) in [5.41, 5.74) is 2.08. The molecule has 5 nitrogen and oxygen atoms in total. The van der Waals surface area contributed by atoms with E-state index in [1.807, 2.05) is 24.4 Å². The van der Waals surface area contributed by atoms with Crippen molar-refractivity contribution in [2.75, 3.05) is 13.1 Å². The van der Waals surface area contributed by atoms with Crippen LogP contribution in [0.15, 0.2) is 46.7 Å². The zero-order valence-electron chi connectivity index (χ0n) is 12.8. The molecule has 0 aromatic carbocycles. The lowest BCUT2D eigenvalue weighted by molar-refractivity contribution is 0.191. The van der Waals surface area contributed by atoms with E-state index in [4.69, 9.17) is 9.40 Å². The lowest BCUT2D eigenvalue weighted by atomic mass is 9.97. The number of thiazole rings is 1. The van der Waals surface area contributed by atoms with Gasteiger partial charge < -0.3 is 4.42 Å². The molecule has 3 aromatic heterocycles. The van der Waals surface area contributed by atoms with Gasteiger partial charge in [-0.05, 0) is 38.1 Å². The van der Waals surface area contributed by atoms with Gasteiger partial charge >= 0.3 is 0 Å². The fraction of sp³-hybridized carbons (Fsp3) is 0.353. The van der Waals surface area contributed by atoms with E-state index in [1.54, 1.807) is 23.8 Å². The summed E-state index contributed by atoms with van der Waals surface area (Å²) in [7, 11) is 0. The molecule has 1 saturated heterocycles. The minimum atomic E-state index is 0.459. The van der Waals surface area contributed by atoms with Crippen molar-refractivity contribution in [3.8, 4) is 10.7 Å². The second kappa shape index (κ2) is 6.60. The van der Waals surface area contributed by atoms with Crippen molar-refractivity contribution < 1.29 is 4.42 Å². The van der Waals surface area contributed by atoms with Crippen molar-refractivity contribution in [2.24, 2.45) is 0 Å². The van der Waals surface area contributed by atoms with Gasteiger partial charge in [-0.1, -0.05) is 6.07 Å². The van der Waals surface area contributed by atoms with Gasteiger partial charge in [-0.2, -0.15) is 0 Å². The molecule has 0 N–H and O–H groups in total. The number of oxazole rings is 1. The SMILES string of the molecule is c1ccc(-c2nc(CN3CCC(c4ncco4)CC3)cs2)nc1. The lowest BCUT2D eigenvalue weighted by Crippen LogP contribution is -2.32. The van der Waals surface area contributed by atoms with E-state index >= 15 is 0 Å². The minimum absolute atomic E-state index is 0.459. The monoisotopic (exact) mass is 326 g/mol. The number of piperidine rings is 1. The highest BCUT2D eigenvalue weighted by atomic mass is 32.1. The molecule has 118 valence electrons. The Balaban J connectivity index is 1.36. The van der Waals surface area contributed by atoms with Gasteiger partial charge in [0.1, 0.15) is 11.3 Å². The molecule has 0 atom stereocenters. The number of nitrogens with zero attached hydrogens (tertiary/aromatic N) is 4. The number of pyridine rings is 1. The molecule has 23 heavy (non-hydrogen) atoms. The van der Waals surface area contributed by atoms with Crippen molar-refractivity contribution in [3.05, 3.63) is 53.8 Å². The number of rotatable bonds is 4. The molecule has 4 rings (SSSR count). The van der Waals surface area contributed by atoms with Crippen LogP contribution in [0.1, 0.15) is 30.3 Å². The topological polar surface area (TPSA) is 55.1 Å². The zero-order valence-corrected chi connectivity index (χ0v) is 13.6. The Kier molecular flexibility index (Phi) is 4.17. The van der Waals surface area contributed by atoms with Crippen LogP contribution in [0.5, 0.6) is 0 Å². The van der Waals surface area contributed by atoms with Crippen LogP contribution >= 0.6 is 11.3 Å². The quantitative estimate of drug-likeness (QED) is 0.733. The standard InChI is InChI=1S/C17H18N4OS/c1-2-6-18-15(3-1)17-20-14(12-23-17)11-21-8-4-13(5-9-21)16-19-7-10-22-16/h1-3,6-7,10,12-13H,4-5,8-9,11H2. The molecule has 0 amide bonds. The maximum absolute atomic E-state index is 5.43. The molecule has 1 aliphatic rings. The van der Waals surface area contributed by atoms with Gasteiger partial charge in [-0.3, -0.25) is 9.88 Å². The van der Waals surface area contributed by atoms with Gasteiger partial charge in [0, 0.05) is 24.0 Å². The molecule has 4 heterocycles. The second-order valence-corrected chi connectivity index (χ2v) is 6.64. The molecular weight excluding hydrogens is 308 g/mol. The third-order valence-electron chi connectivity index (χ3n) is 4.21. The van der Waals surface area contributed by atoms with E-state index in [9.17, 15) is 0 Å². The van der Waals surface area contributed by atoms with Gasteiger partial charge in [-0.15, -0.1) is 11.3 Å². The molecule has 0 bridgehead atoms. The Morgan fingerprint density at radius 2 is 2.09 bits per heavy atom. The highest BCUT2D eigenvalue weighted by Crippen LogP contribution is 2.28. The zero-order chi connectivity index (χ0) is 15.5. The molecule has 3 aromatic rings. The number of likely N-dealkylation sites (tertiary alicyclic amines) is 1. The van der Waals surface area contributed by atoms with E-state index in [2.05, 4.69) is 20.2 Å². The van der Waals surface area contributed by atoms with E-state index in [1.165, 1.54) is 0 Å². The summed E-state index contributed by atoms with van der Waals surface area (Å²) in [6.07, 6.45) is 7.39. The van der Waals surface area contributed by atoms with E-state index in [-0.39, 0.29) is 0 Å². The molecule has 0 saturated carbocycles. The first-order valence-electron chi connectivity index (χ1n) is 7.86. The van der Waals surface area contributed by atoms with Crippen LogP contribution in [0.2, 0.25) is 0 Å². The largest absolute Gasteiger partial charge is 0.449 e. The predicted molar refractivity (Wildman–Crippen MR) is 89.1 cm³/mol. The first kappa shape index (κ1) is 14.5. The van der Waals surface area contributed by atoms with Crippen molar-refractivity contribution in [3.63, 3.8) is 0 Å². The Morgan fingerprint density at radius 3 is 2.83 bits per heavy atom. The summed E-state index contributed by atoms with van der Waals surface area (Å²) in [5, 5.41) is 3.14. The third-order valence-corrected chi connectivity index (χ3v) is 5.12. The van der Waals surface area contributed by atoms with E-state index in [0.717, 1.165) is 54.8 Å². The van der Waals surface area contributed by atoms with Crippen LogP contribution in [0.3, 0.4) is 0 Å². The van der Waals surface area contributed by atoms with E-state index in [0.29, 0.717) is 5.92 Å². The van der Waals surface area contributed by atoms with Gasteiger partial charge in [0.15, 0.2) is 5.89 Å². The minimum Gasteiger partial charge on any atom is -0.449 e. The summed E-state index contributed by atoms with van der Waals surface area (Å²) in [4.78, 5) is 15.8. The number of hydrogen-bond acceptors (Lipinski definition) is 6. The molecular formula is C17H18N4OS. The van der Waals surface area contributed by atoms with Gasteiger partial charge in [0.2, 0.25) is 0 Å². The van der Waals surface area contributed by atoms with Crippen LogP contribution in [0.4, 0.5) is 0 Å². The summed E-state index contributed by atoms with van der Waals surface area (Å²) in [6, 6.07) is 5.93. The highest BCUT2D eigenvalue weighted by molar-refractivity contribution is 7.13. The first-order valence-corrected chi connectivity index (χ1v) is 8.74. The van der Waals surface area contributed by atoms with Gasteiger partial charge in [0.05, 0.1) is 17.6 Å². The van der Waals surface area contributed by atoms with Crippen molar-refractivity contribution in [1.82, 2.24) is 19.9 Å². The molecule has 0 spiro atoms. The molecule has 6 heteroatoms. The summed E-state index contributed by atoms with van der Waals surface area (Å²) in [6.45, 7) is 3.02. The van der Waals surface area contributed by atoms with Crippen molar-refractivity contribution in [1.29, 1.82) is 0 Å². The number of aromatic nitrogens is 3. The predicted octanol–water partition coefficient (Wildman–Crippen LogP) is 3.57. The van der Waals surface area contributed by atoms with Crippen LogP contribution in [0, 0.1) is 0 Å². The lowest BCUT2D eigenvalue weighted by Gasteiger charge is -2.29. The Bertz CT molecular complexity index is 733. The second-order valence-electron chi connectivity index (χ2n) is 5.78. The normalized spacial score (nSPS) is 16.7. The highest BCUT2D eigenvalue weighted by Gasteiger charge is 2.24. The van der Waals surface area contributed by atoms with Gasteiger partial charge in [0.25, 0.3) is 0 Å². The van der Waals surface area contributed by atoms with Crippen LogP contribution in [-0.4, -0.2) is 32.9 Å². The smallest absolute Gasteiger partial charge is 0.197 e. The number of hydrogen-bond donors (Lipinski definition) is 0. The molecule has 1 aliphatic heterocycles. The molecule has 0 unspecified atom stereocenters. The Morgan fingerprint density at radius 1 is 1.17 bits per heavy atom. The average Bonchev–Trinajstić information content (AvgIpc) is 3.28. The third kappa shape index (κ3) is 3.33. The fourth-order valence-electron chi connectivity index (χ4n) is 2.99. The maximum atomic E-state index is 5.43. The average molecular weight is 326 g/mol. The van der Waals surface area contributed by atoms with Crippen molar-refractivity contribution >= 4 is 11.3 Å². The summed E-state index contributed by atoms with van der Waals surface area (Å²) < 4.78 is 5.43.